The number of ether oxygens (including phenoxy) is 2. The number of aliphatic hydroxyl groups is 1. The van der Waals surface area contributed by atoms with Gasteiger partial charge in [0.2, 0.25) is 35.4 Å². The average Bonchev–Trinajstić information content (AvgIpc) is 2.95. The van der Waals surface area contributed by atoms with Gasteiger partial charge < -0.3 is 52.2 Å². The van der Waals surface area contributed by atoms with Gasteiger partial charge in [0.1, 0.15) is 23.3 Å². The van der Waals surface area contributed by atoms with E-state index in [-0.39, 0.29) is 26.0 Å². The van der Waals surface area contributed by atoms with Crippen molar-refractivity contribution in [3.63, 3.8) is 0 Å². The summed E-state index contributed by atoms with van der Waals surface area (Å²) in [5, 5.41) is 23.0. The molecule has 7 amide bonds. The van der Waals surface area contributed by atoms with Gasteiger partial charge in [-0.2, -0.15) is 5.48 Å². The predicted molar refractivity (Wildman–Crippen MR) is 162 cm³/mol. The van der Waals surface area contributed by atoms with Crippen LogP contribution in [0.3, 0.4) is 0 Å². The zero-order valence-corrected chi connectivity index (χ0v) is 27.5. The molecule has 47 heavy (non-hydrogen) atoms. The minimum Gasteiger partial charge on any atom is -0.459 e. The Balaban J connectivity index is 4.18. The Hall–Kier alpha value is -4.56. The van der Waals surface area contributed by atoms with Crippen LogP contribution in [0.25, 0.3) is 0 Å². The highest BCUT2D eigenvalue weighted by Gasteiger charge is 2.25. The van der Waals surface area contributed by atoms with Crippen LogP contribution in [0.5, 0.6) is 0 Å². The van der Waals surface area contributed by atoms with Crippen LogP contribution < -0.4 is 43.1 Å². The third kappa shape index (κ3) is 23.4. The van der Waals surface area contributed by atoms with Crippen molar-refractivity contribution in [2.45, 2.75) is 77.7 Å². The Morgan fingerprint density at radius 1 is 0.681 bits per heavy atom. The van der Waals surface area contributed by atoms with Gasteiger partial charge in [-0.15, -0.1) is 0 Å². The first-order valence-corrected chi connectivity index (χ1v) is 14.6. The second-order valence-corrected chi connectivity index (χ2v) is 11.8. The van der Waals surface area contributed by atoms with Gasteiger partial charge in [-0.25, -0.2) is 4.79 Å². The SMILES string of the molecule is CC(C)(C)OC(=O)NOCCNC(=O)CNC(=O)CNC(=O)CNC(=O)CNC(=O)C(CO)NC(=O)CCC(N)C(=O)OC(C)(C)C. The summed E-state index contributed by atoms with van der Waals surface area (Å²) in [6.07, 6.45) is -1.11. The summed E-state index contributed by atoms with van der Waals surface area (Å²) in [5.74, 6) is -5.05. The second-order valence-electron chi connectivity index (χ2n) is 11.8. The van der Waals surface area contributed by atoms with Crippen LogP contribution in [0.15, 0.2) is 0 Å². The molecule has 0 aromatic rings. The molecule has 268 valence electrons. The molecular formula is C27H48N8O12. The number of carbonyl (C=O) groups excluding carboxylic acids is 8. The Morgan fingerprint density at radius 2 is 1.15 bits per heavy atom. The van der Waals surface area contributed by atoms with Gasteiger partial charge in [0.25, 0.3) is 0 Å². The fraction of sp³-hybridized carbons (Fsp3) is 0.704. The van der Waals surface area contributed by atoms with Gasteiger partial charge in [0.15, 0.2) is 0 Å². The van der Waals surface area contributed by atoms with Crippen LogP contribution >= 0.6 is 0 Å². The second kappa shape index (κ2) is 21.3. The molecule has 0 aliphatic carbocycles. The first-order chi connectivity index (χ1) is 21.7. The smallest absolute Gasteiger partial charge is 0.431 e. The number of rotatable bonds is 19. The summed E-state index contributed by atoms with van der Waals surface area (Å²) in [4.78, 5) is 100. The van der Waals surface area contributed by atoms with Crippen molar-refractivity contribution in [2.24, 2.45) is 5.73 Å². The van der Waals surface area contributed by atoms with E-state index in [9.17, 15) is 43.5 Å². The third-order valence-electron chi connectivity index (χ3n) is 5.07. The number of hydrogen-bond acceptors (Lipinski definition) is 13. The molecule has 0 saturated heterocycles. The summed E-state index contributed by atoms with van der Waals surface area (Å²) in [5.41, 5.74) is 6.30. The maximum atomic E-state index is 12.3. The van der Waals surface area contributed by atoms with E-state index < -0.39 is 104 Å². The minimum atomic E-state index is -1.40. The van der Waals surface area contributed by atoms with Crippen molar-refractivity contribution in [1.82, 2.24) is 37.4 Å². The van der Waals surface area contributed by atoms with Crippen molar-refractivity contribution in [2.75, 3.05) is 45.9 Å². The summed E-state index contributed by atoms with van der Waals surface area (Å²) in [6.45, 7) is 7.14. The quantitative estimate of drug-likeness (QED) is 0.0358. The lowest BCUT2D eigenvalue weighted by molar-refractivity contribution is -0.156. The van der Waals surface area contributed by atoms with Crippen LogP contribution in [-0.2, 0) is 47.9 Å². The Bertz CT molecular complexity index is 1100. The number of nitrogens with one attached hydrogen (secondary N) is 7. The maximum absolute atomic E-state index is 12.3. The molecular weight excluding hydrogens is 628 g/mol. The number of nitrogens with two attached hydrogens (primary N) is 1. The van der Waals surface area contributed by atoms with E-state index in [1.807, 2.05) is 5.48 Å². The van der Waals surface area contributed by atoms with Crippen molar-refractivity contribution in [3.8, 4) is 0 Å². The largest absolute Gasteiger partial charge is 0.459 e. The molecule has 0 spiro atoms. The van der Waals surface area contributed by atoms with Crippen LogP contribution in [0.2, 0.25) is 0 Å². The maximum Gasteiger partial charge on any atom is 0.431 e. The van der Waals surface area contributed by atoms with Gasteiger partial charge >= 0.3 is 12.1 Å². The molecule has 0 radical (unpaired) electrons. The van der Waals surface area contributed by atoms with E-state index in [2.05, 4.69) is 31.9 Å². The molecule has 0 fully saturated rings. The van der Waals surface area contributed by atoms with Gasteiger partial charge in [-0.1, -0.05) is 0 Å². The molecule has 20 nitrogen and oxygen atoms in total. The molecule has 10 N–H and O–H groups in total. The molecule has 0 aliphatic rings. The lowest BCUT2D eigenvalue weighted by Gasteiger charge is -2.22. The van der Waals surface area contributed by atoms with Crippen LogP contribution in [0, 0.1) is 0 Å². The lowest BCUT2D eigenvalue weighted by atomic mass is 10.1. The first kappa shape index (κ1) is 42.4. The lowest BCUT2D eigenvalue weighted by Crippen LogP contribution is -2.51. The third-order valence-corrected chi connectivity index (χ3v) is 5.07. The number of hydrogen-bond donors (Lipinski definition) is 9. The van der Waals surface area contributed by atoms with E-state index in [0.717, 1.165) is 0 Å². The normalized spacial score (nSPS) is 12.3. The molecule has 2 atom stereocenters. The zero-order valence-electron chi connectivity index (χ0n) is 27.5. The van der Waals surface area contributed by atoms with Crippen molar-refractivity contribution in [1.29, 1.82) is 0 Å². The Kier molecular flexibility index (Phi) is 19.2. The van der Waals surface area contributed by atoms with Crippen LogP contribution in [0.1, 0.15) is 54.4 Å². The molecule has 2 unspecified atom stereocenters. The topological polar surface area (TPSA) is 295 Å². The number of amides is 7. The van der Waals surface area contributed by atoms with E-state index in [0.29, 0.717) is 0 Å². The molecule has 0 rings (SSSR count). The van der Waals surface area contributed by atoms with E-state index >= 15 is 0 Å². The summed E-state index contributed by atoms with van der Waals surface area (Å²) in [6, 6.07) is -2.47. The van der Waals surface area contributed by atoms with E-state index in [1.165, 1.54) is 0 Å². The summed E-state index contributed by atoms with van der Waals surface area (Å²) >= 11 is 0. The monoisotopic (exact) mass is 676 g/mol. The summed E-state index contributed by atoms with van der Waals surface area (Å²) in [7, 11) is 0. The molecule has 0 bridgehead atoms. The number of aliphatic hydroxyl groups excluding tert-OH is 1. The average molecular weight is 677 g/mol. The zero-order chi connectivity index (χ0) is 36.2. The Morgan fingerprint density at radius 3 is 1.62 bits per heavy atom. The van der Waals surface area contributed by atoms with Crippen LogP contribution in [-0.4, -0.2) is 122 Å². The molecule has 20 heteroatoms. The molecule has 0 aliphatic heterocycles. The van der Waals surface area contributed by atoms with Crippen molar-refractivity contribution >= 4 is 47.5 Å². The Labute approximate surface area is 272 Å². The molecule has 0 heterocycles. The van der Waals surface area contributed by atoms with Gasteiger partial charge in [-0.3, -0.25) is 38.4 Å². The van der Waals surface area contributed by atoms with Gasteiger partial charge in [0, 0.05) is 13.0 Å². The molecule has 0 aromatic heterocycles. The standard InChI is InChI=1S/C27H48N8O12/c1-26(2,3)46-24(43)16(28)7-8-18(37)34-17(15-36)23(42)33-14-22(41)32-13-21(40)31-12-20(39)30-11-19(38)29-9-10-45-35-25(44)47-27(4,5)6/h16-17,36H,7-15,28H2,1-6H3,(H,29,38)(H,30,39)(H,31,40)(H,32,41)(H,33,42)(H,34,37)(H,35,44). The first-order valence-electron chi connectivity index (χ1n) is 14.6. The predicted octanol–water partition coefficient (Wildman–Crippen LogP) is -4.05. The minimum absolute atomic E-state index is 0.0171. The molecule has 0 aromatic carbocycles. The number of esters is 1. The van der Waals surface area contributed by atoms with E-state index in [4.69, 9.17) is 20.0 Å². The fourth-order valence-electron chi connectivity index (χ4n) is 2.97. The fourth-order valence-corrected chi connectivity index (χ4v) is 2.97. The molecule has 0 saturated carbocycles. The van der Waals surface area contributed by atoms with Gasteiger partial charge in [0.05, 0.1) is 39.4 Å². The van der Waals surface area contributed by atoms with Gasteiger partial charge in [-0.05, 0) is 48.0 Å². The highest BCUT2D eigenvalue weighted by molar-refractivity contribution is 5.93. The summed E-state index contributed by atoms with van der Waals surface area (Å²) < 4.78 is 10.1. The van der Waals surface area contributed by atoms with Crippen LogP contribution in [0.4, 0.5) is 4.79 Å². The van der Waals surface area contributed by atoms with Crippen molar-refractivity contribution in [3.05, 3.63) is 0 Å². The number of carbonyl (C=O) groups is 8. The highest BCUT2D eigenvalue weighted by Crippen LogP contribution is 2.09. The van der Waals surface area contributed by atoms with E-state index in [1.54, 1.807) is 41.5 Å². The van der Waals surface area contributed by atoms with Crippen molar-refractivity contribution < 1.29 is 57.8 Å². The number of hydroxylamine groups is 1. The highest BCUT2D eigenvalue weighted by atomic mass is 16.7.